The highest BCUT2D eigenvalue weighted by atomic mass is 32.2. The van der Waals surface area contributed by atoms with E-state index in [9.17, 15) is 18.0 Å². The summed E-state index contributed by atoms with van der Waals surface area (Å²) in [5.74, 6) is -0.695. The van der Waals surface area contributed by atoms with E-state index < -0.39 is 15.9 Å². The molecule has 2 aliphatic rings. The minimum absolute atomic E-state index is 0.0663. The van der Waals surface area contributed by atoms with Crippen LogP contribution in [0.15, 0.2) is 34.5 Å². The van der Waals surface area contributed by atoms with Crippen molar-refractivity contribution in [3.8, 4) is 0 Å². The predicted molar refractivity (Wildman–Crippen MR) is 122 cm³/mol. The summed E-state index contributed by atoms with van der Waals surface area (Å²) in [6.07, 6.45) is 0.167. The summed E-state index contributed by atoms with van der Waals surface area (Å²) in [6, 6.07) is 9.15. The van der Waals surface area contributed by atoms with Crippen LogP contribution in [0.3, 0.4) is 0 Å². The van der Waals surface area contributed by atoms with Crippen LogP contribution in [-0.4, -0.2) is 57.4 Å². The second-order valence-corrected chi connectivity index (χ2v) is 11.5. The Kier molecular flexibility index (Phi) is 6.66. The zero-order chi connectivity index (χ0) is 22.9. The summed E-state index contributed by atoms with van der Waals surface area (Å²) >= 11 is 1.16. The molecule has 1 aromatic heterocycles. The largest absolute Gasteiger partial charge is 0.379 e. The summed E-state index contributed by atoms with van der Waals surface area (Å²) in [5.41, 5.74) is 3.06. The number of rotatable bonds is 6. The van der Waals surface area contributed by atoms with Gasteiger partial charge in [-0.05, 0) is 49.2 Å². The van der Waals surface area contributed by atoms with Gasteiger partial charge in [-0.3, -0.25) is 9.59 Å². The molecule has 2 aromatic rings. The molecule has 0 bridgehead atoms. The number of anilines is 1. The molecule has 0 saturated carbocycles. The molecule has 1 N–H and O–H groups in total. The third-order valence-electron chi connectivity index (χ3n) is 5.94. The Morgan fingerprint density at radius 1 is 1.16 bits per heavy atom. The first-order chi connectivity index (χ1) is 15.3. The van der Waals surface area contributed by atoms with Gasteiger partial charge in [-0.1, -0.05) is 6.07 Å². The van der Waals surface area contributed by atoms with E-state index in [2.05, 4.69) is 5.32 Å². The van der Waals surface area contributed by atoms with E-state index in [1.807, 2.05) is 32.0 Å². The fraction of sp³-hybridized carbons (Fsp3) is 0.455. The van der Waals surface area contributed by atoms with Gasteiger partial charge in [0.15, 0.2) is 0 Å². The molecule has 3 heterocycles. The zero-order valence-corrected chi connectivity index (χ0v) is 19.8. The van der Waals surface area contributed by atoms with Crippen LogP contribution in [0.2, 0.25) is 0 Å². The van der Waals surface area contributed by atoms with Crippen LogP contribution in [0, 0.1) is 19.8 Å². The molecule has 0 unspecified atom stereocenters. The summed E-state index contributed by atoms with van der Waals surface area (Å²) in [4.78, 5) is 27.6. The third kappa shape index (κ3) is 4.73. The second-order valence-electron chi connectivity index (χ2n) is 8.13. The molecule has 2 aliphatic heterocycles. The molecular formula is C22H27N3O5S2. The lowest BCUT2D eigenvalue weighted by Gasteiger charge is -2.25. The maximum Gasteiger partial charge on any atom is 0.252 e. The average Bonchev–Trinajstić information content (AvgIpc) is 3.42. The van der Waals surface area contributed by atoms with Crippen LogP contribution in [0.4, 0.5) is 5.69 Å². The number of morpholine rings is 1. The van der Waals surface area contributed by atoms with Gasteiger partial charge in [-0.25, -0.2) is 8.42 Å². The van der Waals surface area contributed by atoms with Gasteiger partial charge in [-0.2, -0.15) is 4.31 Å². The molecule has 1 atom stereocenters. The van der Waals surface area contributed by atoms with Crippen LogP contribution >= 0.6 is 11.3 Å². The van der Waals surface area contributed by atoms with Crippen LogP contribution < -0.4 is 10.2 Å². The van der Waals surface area contributed by atoms with E-state index in [4.69, 9.17) is 4.74 Å². The molecule has 4 rings (SSSR count). The number of benzene rings is 1. The molecule has 10 heteroatoms. The first-order valence-corrected chi connectivity index (χ1v) is 12.8. The number of sulfonamides is 1. The molecule has 2 amide bonds. The maximum absolute atomic E-state index is 12.8. The quantitative estimate of drug-likeness (QED) is 0.687. The van der Waals surface area contributed by atoms with Crippen LogP contribution in [0.1, 0.15) is 22.4 Å². The molecule has 0 spiro atoms. The fourth-order valence-electron chi connectivity index (χ4n) is 3.85. The first-order valence-electron chi connectivity index (χ1n) is 10.6. The highest BCUT2D eigenvalue weighted by Gasteiger charge is 2.35. The number of nitrogens with zero attached hydrogens (tertiary/aromatic N) is 2. The maximum atomic E-state index is 12.8. The topological polar surface area (TPSA) is 96.0 Å². The van der Waals surface area contributed by atoms with Gasteiger partial charge in [0.1, 0.15) is 4.21 Å². The normalized spacial score (nSPS) is 20.0. The summed E-state index contributed by atoms with van der Waals surface area (Å²) in [6.45, 7) is 6.07. The lowest BCUT2D eigenvalue weighted by atomic mass is 10.1. The minimum atomic E-state index is -3.54. The molecule has 0 radical (unpaired) electrons. The Bertz CT molecular complexity index is 1120. The molecule has 2 fully saturated rings. The van der Waals surface area contributed by atoms with Crippen molar-refractivity contribution in [2.45, 2.75) is 31.0 Å². The molecule has 172 valence electrons. The number of carbonyl (C=O) groups is 2. The Hall–Kier alpha value is -2.27. The first kappa shape index (κ1) is 22.9. The van der Waals surface area contributed by atoms with E-state index in [1.54, 1.807) is 17.0 Å². The van der Waals surface area contributed by atoms with Gasteiger partial charge < -0.3 is 15.0 Å². The second kappa shape index (κ2) is 9.30. The van der Waals surface area contributed by atoms with Crippen molar-refractivity contribution in [3.05, 3.63) is 46.3 Å². The van der Waals surface area contributed by atoms with E-state index in [0.717, 1.165) is 33.0 Å². The van der Waals surface area contributed by atoms with Gasteiger partial charge >= 0.3 is 0 Å². The number of hydrogen-bond donors (Lipinski definition) is 1. The lowest BCUT2D eigenvalue weighted by Crippen LogP contribution is -2.40. The van der Waals surface area contributed by atoms with Crippen molar-refractivity contribution in [1.82, 2.24) is 9.62 Å². The zero-order valence-electron chi connectivity index (χ0n) is 18.2. The summed E-state index contributed by atoms with van der Waals surface area (Å²) in [7, 11) is -3.54. The lowest BCUT2D eigenvalue weighted by molar-refractivity contribution is -0.126. The Morgan fingerprint density at radius 3 is 2.62 bits per heavy atom. The Morgan fingerprint density at radius 2 is 1.91 bits per heavy atom. The van der Waals surface area contributed by atoms with E-state index >= 15 is 0 Å². The number of aryl methyl sites for hydroxylation is 2. The summed E-state index contributed by atoms with van der Waals surface area (Å²) in [5, 5.41) is 2.86. The molecule has 1 aromatic carbocycles. The molecule has 0 aliphatic carbocycles. The van der Waals surface area contributed by atoms with Gasteiger partial charge in [0.2, 0.25) is 11.8 Å². The van der Waals surface area contributed by atoms with Gasteiger partial charge in [0.25, 0.3) is 10.0 Å². The molecule has 2 saturated heterocycles. The molecule has 8 nitrogen and oxygen atoms in total. The van der Waals surface area contributed by atoms with E-state index in [-0.39, 0.29) is 29.0 Å². The number of amides is 2. The van der Waals surface area contributed by atoms with Crippen LogP contribution in [0.25, 0.3) is 0 Å². The van der Waals surface area contributed by atoms with Crippen molar-refractivity contribution >= 4 is 38.9 Å². The number of ether oxygens (including phenoxy) is 1. The van der Waals surface area contributed by atoms with Crippen LogP contribution in [0.5, 0.6) is 0 Å². The summed E-state index contributed by atoms with van der Waals surface area (Å²) < 4.78 is 32.4. The van der Waals surface area contributed by atoms with E-state index in [0.29, 0.717) is 32.8 Å². The highest BCUT2D eigenvalue weighted by Crippen LogP contribution is 2.28. The number of carbonyl (C=O) groups excluding carboxylic acids is 2. The fourth-order valence-corrected chi connectivity index (χ4v) is 6.71. The SMILES string of the molecule is Cc1ccc(N2C[C@H](C(=O)NCc3ccc(S(=O)(=O)N4CCOCC4)s3)CC2=O)cc1C. The number of thiophene rings is 1. The predicted octanol–water partition coefficient (Wildman–Crippen LogP) is 2.06. The van der Waals surface area contributed by atoms with Crippen molar-refractivity contribution in [3.63, 3.8) is 0 Å². The minimum Gasteiger partial charge on any atom is -0.379 e. The van der Waals surface area contributed by atoms with Crippen molar-refractivity contribution in [2.75, 3.05) is 37.7 Å². The van der Waals surface area contributed by atoms with Gasteiger partial charge in [0, 0.05) is 36.6 Å². The van der Waals surface area contributed by atoms with Crippen molar-refractivity contribution < 1.29 is 22.7 Å². The van der Waals surface area contributed by atoms with Crippen molar-refractivity contribution in [1.29, 1.82) is 0 Å². The van der Waals surface area contributed by atoms with E-state index in [1.165, 1.54) is 4.31 Å². The number of hydrogen-bond acceptors (Lipinski definition) is 6. The Balaban J connectivity index is 1.35. The van der Waals surface area contributed by atoms with Crippen LogP contribution in [-0.2, 0) is 30.9 Å². The van der Waals surface area contributed by atoms with Gasteiger partial charge in [-0.15, -0.1) is 11.3 Å². The van der Waals surface area contributed by atoms with Gasteiger partial charge in [0.05, 0.1) is 25.7 Å². The van der Waals surface area contributed by atoms with Crippen molar-refractivity contribution in [2.24, 2.45) is 5.92 Å². The molecule has 32 heavy (non-hydrogen) atoms. The highest BCUT2D eigenvalue weighted by molar-refractivity contribution is 7.91. The monoisotopic (exact) mass is 477 g/mol. The standard InChI is InChI=1S/C22H27N3O5S2/c1-15-3-4-18(11-16(15)2)25-14-17(12-20(25)26)22(27)23-13-19-5-6-21(31-19)32(28,29)24-7-9-30-10-8-24/h3-6,11,17H,7-10,12-14H2,1-2H3,(H,23,27)/t17-/m1/s1. The Labute approximate surface area is 192 Å². The molecular weight excluding hydrogens is 450 g/mol. The number of nitrogens with one attached hydrogen (secondary N) is 1. The smallest absolute Gasteiger partial charge is 0.252 e. The average molecular weight is 478 g/mol. The third-order valence-corrected chi connectivity index (χ3v) is 9.39.